The van der Waals surface area contributed by atoms with E-state index in [1.54, 1.807) is 18.2 Å². The van der Waals surface area contributed by atoms with E-state index in [-0.39, 0.29) is 11.8 Å². The molecule has 1 aliphatic rings. The number of hydrogen-bond donors (Lipinski definition) is 4. The predicted molar refractivity (Wildman–Crippen MR) is 124 cm³/mol. The molecule has 1 saturated heterocycles. The summed E-state index contributed by atoms with van der Waals surface area (Å²) in [4.78, 5) is 48.4. The molecule has 1 heterocycles. The second kappa shape index (κ2) is 10.8. The van der Waals surface area contributed by atoms with Gasteiger partial charge in [-0.25, -0.2) is 4.79 Å². The SMILES string of the molecule is CSCC[C@H](NC(=O)c1ccc(NC(=O)[C@@H]2CCC(=O)N2)cc1-c1ccccc1)C(=O)O. The second-order valence-electron chi connectivity index (χ2n) is 7.42. The summed E-state index contributed by atoms with van der Waals surface area (Å²) < 4.78 is 0. The van der Waals surface area contributed by atoms with Gasteiger partial charge in [-0.05, 0) is 54.2 Å². The van der Waals surface area contributed by atoms with Crippen molar-refractivity contribution >= 4 is 41.1 Å². The molecule has 4 N–H and O–H groups in total. The van der Waals surface area contributed by atoms with E-state index in [2.05, 4.69) is 16.0 Å². The fourth-order valence-electron chi connectivity index (χ4n) is 3.45. The third kappa shape index (κ3) is 5.88. The number of anilines is 1. The molecule has 0 unspecified atom stereocenters. The van der Waals surface area contributed by atoms with Crippen LogP contribution in [0.25, 0.3) is 11.1 Å². The van der Waals surface area contributed by atoms with Crippen LogP contribution in [0.4, 0.5) is 5.69 Å². The quantitative estimate of drug-likeness (QED) is 0.461. The zero-order valence-corrected chi connectivity index (χ0v) is 18.4. The minimum absolute atomic E-state index is 0.156. The van der Waals surface area contributed by atoms with Crippen molar-refractivity contribution in [3.05, 3.63) is 54.1 Å². The van der Waals surface area contributed by atoms with E-state index >= 15 is 0 Å². The van der Waals surface area contributed by atoms with Crippen molar-refractivity contribution in [2.45, 2.75) is 31.3 Å². The molecule has 1 fully saturated rings. The van der Waals surface area contributed by atoms with Crippen molar-refractivity contribution in [2.75, 3.05) is 17.3 Å². The molecule has 8 nitrogen and oxygen atoms in total. The molecule has 2 atom stereocenters. The maximum Gasteiger partial charge on any atom is 0.326 e. The number of amides is 3. The first-order valence-electron chi connectivity index (χ1n) is 10.2. The molecule has 0 radical (unpaired) electrons. The summed E-state index contributed by atoms with van der Waals surface area (Å²) in [6.07, 6.45) is 2.93. The molecule has 168 valence electrons. The molecular formula is C23H25N3O5S. The average Bonchev–Trinajstić information content (AvgIpc) is 3.23. The number of rotatable bonds is 9. The molecule has 0 bridgehead atoms. The second-order valence-corrected chi connectivity index (χ2v) is 8.41. The summed E-state index contributed by atoms with van der Waals surface area (Å²) in [5.41, 5.74) is 2.09. The minimum atomic E-state index is -1.09. The van der Waals surface area contributed by atoms with Gasteiger partial charge in [0.25, 0.3) is 5.91 Å². The van der Waals surface area contributed by atoms with Crippen molar-refractivity contribution in [3.8, 4) is 11.1 Å². The van der Waals surface area contributed by atoms with Gasteiger partial charge in [0.05, 0.1) is 0 Å². The third-order valence-corrected chi connectivity index (χ3v) is 5.79. The topological polar surface area (TPSA) is 125 Å². The fourth-order valence-corrected chi connectivity index (χ4v) is 3.92. The average molecular weight is 456 g/mol. The molecule has 1 aliphatic heterocycles. The van der Waals surface area contributed by atoms with Crippen LogP contribution >= 0.6 is 11.8 Å². The molecule has 0 saturated carbocycles. The number of carbonyl (C=O) groups excluding carboxylic acids is 3. The third-order valence-electron chi connectivity index (χ3n) is 5.14. The molecule has 2 aromatic rings. The van der Waals surface area contributed by atoms with Gasteiger partial charge < -0.3 is 21.1 Å². The largest absolute Gasteiger partial charge is 0.480 e. The smallest absolute Gasteiger partial charge is 0.326 e. The van der Waals surface area contributed by atoms with Crippen LogP contribution in [0.1, 0.15) is 29.6 Å². The normalized spacial score (nSPS) is 16.2. The Morgan fingerprint density at radius 2 is 1.94 bits per heavy atom. The van der Waals surface area contributed by atoms with Gasteiger partial charge in [0.1, 0.15) is 12.1 Å². The van der Waals surface area contributed by atoms with E-state index in [1.807, 2.05) is 36.6 Å². The number of benzene rings is 2. The lowest BCUT2D eigenvalue weighted by atomic mass is 9.98. The lowest BCUT2D eigenvalue weighted by Crippen LogP contribution is -2.41. The van der Waals surface area contributed by atoms with Crippen LogP contribution in [0.2, 0.25) is 0 Å². The van der Waals surface area contributed by atoms with Crippen molar-refractivity contribution in [1.82, 2.24) is 10.6 Å². The van der Waals surface area contributed by atoms with Gasteiger partial charge in [-0.1, -0.05) is 30.3 Å². The molecule has 2 aromatic carbocycles. The highest BCUT2D eigenvalue weighted by molar-refractivity contribution is 7.98. The van der Waals surface area contributed by atoms with E-state index in [0.29, 0.717) is 41.8 Å². The summed E-state index contributed by atoms with van der Waals surface area (Å²) in [7, 11) is 0. The first-order chi connectivity index (χ1) is 15.4. The Labute approximate surface area is 190 Å². The maximum atomic E-state index is 13.0. The molecule has 32 heavy (non-hydrogen) atoms. The van der Waals surface area contributed by atoms with E-state index in [1.165, 1.54) is 11.8 Å². The molecule has 3 rings (SSSR count). The van der Waals surface area contributed by atoms with Gasteiger partial charge in [-0.2, -0.15) is 11.8 Å². The van der Waals surface area contributed by atoms with Gasteiger partial charge >= 0.3 is 5.97 Å². The zero-order valence-electron chi connectivity index (χ0n) is 17.6. The van der Waals surface area contributed by atoms with Crippen LogP contribution < -0.4 is 16.0 Å². The van der Waals surface area contributed by atoms with Gasteiger partial charge in [0.15, 0.2) is 0 Å². The van der Waals surface area contributed by atoms with Gasteiger partial charge in [0.2, 0.25) is 11.8 Å². The summed E-state index contributed by atoms with van der Waals surface area (Å²) >= 11 is 1.51. The van der Waals surface area contributed by atoms with Crippen LogP contribution in [0.5, 0.6) is 0 Å². The predicted octanol–water partition coefficient (Wildman–Crippen LogP) is 2.51. The summed E-state index contributed by atoms with van der Waals surface area (Å²) in [5.74, 6) is -1.47. The number of nitrogens with one attached hydrogen (secondary N) is 3. The Hall–Kier alpha value is -3.33. The number of carboxylic acid groups (broad SMARTS) is 1. The summed E-state index contributed by atoms with van der Waals surface area (Å²) in [6.45, 7) is 0. The monoisotopic (exact) mass is 455 g/mol. The molecule has 0 aliphatic carbocycles. The van der Waals surface area contributed by atoms with E-state index < -0.39 is 24.0 Å². The van der Waals surface area contributed by atoms with Crippen molar-refractivity contribution in [2.24, 2.45) is 0 Å². The number of carbonyl (C=O) groups is 4. The van der Waals surface area contributed by atoms with Gasteiger partial charge in [-0.3, -0.25) is 14.4 Å². The number of carboxylic acids is 1. The van der Waals surface area contributed by atoms with Crippen LogP contribution in [-0.4, -0.2) is 52.9 Å². The highest BCUT2D eigenvalue weighted by Crippen LogP contribution is 2.28. The van der Waals surface area contributed by atoms with Gasteiger partial charge in [-0.15, -0.1) is 0 Å². The lowest BCUT2D eigenvalue weighted by Gasteiger charge is -2.17. The highest BCUT2D eigenvalue weighted by atomic mass is 32.2. The van der Waals surface area contributed by atoms with E-state index in [0.717, 1.165) is 5.56 Å². The molecule has 9 heteroatoms. The Bertz CT molecular complexity index is 1010. The molecule has 0 aromatic heterocycles. The standard InChI is InChI=1S/C23H25N3O5S/c1-32-12-11-19(23(30)31)26-21(28)16-8-7-15(13-17(16)14-5-3-2-4-6-14)24-22(29)18-9-10-20(27)25-18/h2-8,13,18-19H,9-12H2,1H3,(H,24,29)(H,25,27)(H,26,28)(H,30,31)/t18-,19-/m0/s1. The number of thioether (sulfide) groups is 1. The van der Waals surface area contributed by atoms with Crippen LogP contribution in [0.3, 0.4) is 0 Å². The zero-order chi connectivity index (χ0) is 23.1. The lowest BCUT2D eigenvalue weighted by molar-refractivity contribution is -0.139. The Kier molecular flexibility index (Phi) is 7.88. The first kappa shape index (κ1) is 23.3. The molecular weight excluding hydrogens is 430 g/mol. The first-order valence-corrected chi connectivity index (χ1v) is 11.6. The van der Waals surface area contributed by atoms with Crippen molar-refractivity contribution in [1.29, 1.82) is 0 Å². The molecule has 3 amide bonds. The minimum Gasteiger partial charge on any atom is -0.480 e. The Balaban J connectivity index is 1.87. The molecule has 0 spiro atoms. The Morgan fingerprint density at radius 1 is 1.19 bits per heavy atom. The Morgan fingerprint density at radius 3 is 2.56 bits per heavy atom. The number of aliphatic carboxylic acids is 1. The maximum absolute atomic E-state index is 13.0. The fraction of sp³-hybridized carbons (Fsp3) is 0.304. The van der Waals surface area contributed by atoms with Crippen molar-refractivity contribution in [3.63, 3.8) is 0 Å². The van der Waals surface area contributed by atoms with Crippen LogP contribution in [0.15, 0.2) is 48.5 Å². The van der Waals surface area contributed by atoms with Crippen LogP contribution in [-0.2, 0) is 14.4 Å². The number of hydrogen-bond acceptors (Lipinski definition) is 5. The summed E-state index contributed by atoms with van der Waals surface area (Å²) in [5, 5.41) is 17.5. The highest BCUT2D eigenvalue weighted by Gasteiger charge is 2.27. The van der Waals surface area contributed by atoms with E-state index in [9.17, 15) is 24.3 Å². The van der Waals surface area contributed by atoms with Crippen LogP contribution in [0, 0.1) is 0 Å². The van der Waals surface area contributed by atoms with Gasteiger partial charge in [0, 0.05) is 17.7 Å². The van der Waals surface area contributed by atoms with E-state index in [4.69, 9.17) is 0 Å². The summed E-state index contributed by atoms with van der Waals surface area (Å²) in [6, 6.07) is 12.4. The van der Waals surface area contributed by atoms with Crippen molar-refractivity contribution < 1.29 is 24.3 Å².